The number of rotatable bonds is 3. The lowest BCUT2D eigenvalue weighted by molar-refractivity contribution is 0.0959. The summed E-state index contributed by atoms with van der Waals surface area (Å²) in [5.74, 6) is 1.06. The van der Waals surface area contributed by atoms with Crippen molar-refractivity contribution in [2.24, 2.45) is 0 Å². The maximum atomic E-state index is 12.9. The molecule has 106 valence electrons. The molecule has 0 aliphatic heterocycles. The van der Waals surface area contributed by atoms with Crippen LogP contribution in [0.3, 0.4) is 0 Å². The van der Waals surface area contributed by atoms with Crippen LogP contribution in [0.15, 0.2) is 48.5 Å². The number of carbonyl (C=O) groups is 1. The van der Waals surface area contributed by atoms with Crippen LogP contribution in [-0.4, -0.2) is 5.78 Å². The molecule has 0 N–H and O–H groups in total. The molecule has 2 aromatic rings. The first-order valence-electron chi connectivity index (χ1n) is 8.05. The quantitative estimate of drug-likeness (QED) is 0.731. The highest BCUT2D eigenvalue weighted by Gasteiger charge is 2.29. The maximum Gasteiger partial charge on any atom is 0.170 e. The van der Waals surface area contributed by atoms with Crippen LogP contribution in [0.5, 0.6) is 0 Å². The van der Waals surface area contributed by atoms with E-state index in [9.17, 15) is 4.79 Å². The first kappa shape index (κ1) is 12.8. The van der Waals surface area contributed by atoms with Crippen molar-refractivity contribution in [3.05, 3.63) is 70.8 Å². The van der Waals surface area contributed by atoms with Gasteiger partial charge in [-0.15, -0.1) is 0 Å². The molecule has 0 heterocycles. The Morgan fingerprint density at radius 3 is 2.62 bits per heavy atom. The molecule has 0 saturated heterocycles. The fraction of sp³-hybridized carbons (Fsp3) is 0.350. The van der Waals surface area contributed by atoms with E-state index in [4.69, 9.17) is 0 Å². The van der Waals surface area contributed by atoms with E-state index in [-0.39, 0.29) is 5.92 Å². The Balaban J connectivity index is 1.63. The van der Waals surface area contributed by atoms with Gasteiger partial charge in [0.05, 0.1) is 0 Å². The Bertz CT molecular complexity index is 682. The van der Waals surface area contributed by atoms with Gasteiger partial charge in [0, 0.05) is 11.5 Å². The van der Waals surface area contributed by atoms with Crippen LogP contribution in [-0.2, 0) is 6.42 Å². The number of hydrogen-bond acceptors (Lipinski definition) is 1. The van der Waals surface area contributed by atoms with Gasteiger partial charge in [-0.3, -0.25) is 4.79 Å². The molecule has 1 fully saturated rings. The van der Waals surface area contributed by atoms with Gasteiger partial charge in [0.25, 0.3) is 0 Å². The van der Waals surface area contributed by atoms with E-state index in [1.807, 2.05) is 6.07 Å². The number of benzene rings is 2. The molecule has 1 saturated carbocycles. The Morgan fingerprint density at radius 2 is 1.81 bits per heavy atom. The molecule has 0 aromatic heterocycles. The number of carbonyl (C=O) groups excluding carboxylic acids is 1. The summed E-state index contributed by atoms with van der Waals surface area (Å²) in [5.41, 5.74) is 4.86. The van der Waals surface area contributed by atoms with Gasteiger partial charge in [0.15, 0.2) is 5.78 Å². The van der Waals surface area contributed by atoms with Gasteiger partial charge in [-0.25, -0.2) is 0 Å². The highest BCUT2D eigenvalue weighted by Crippen LogP contribution is 2.38. The predicted molar refractivity (Wildman–Crippen MR) is 84.9 cm³/mol. The minimum absolute atomic E-state index is 0.0674. The molecule has 1 heteroatoms. The Labute approximate surface area is 126 Å². The predicted octanol–water partition coefficient (Wildman–Crippen LogP) is 4.87. The van der Waals surface area contributed by atoms with Crippen LogP contribution in [0, 0.1) is 0 Å². The molecule has 0 amide bonds. The van der Waals surface area contributed by atoms with Crippen LogP contribution in [0.4, 0.5) is 0 Å². The van der Waals surface area contributed by atoms with Gasteiger partial charge >= 0.3 is 0 Å². The van der Waals surface area contributed by atoms with E-state index in [1.165, 1.54) is 36.0 Å². The molecule has 0 spiro atoms. The van der Waals surface area contributed by atoms with Crippen molar-refractivity contribution in [2.75, 3.05) is 0 Å². The standard InChI is InChI=1S/C20H20O/c21-20(19-12-11-15-5-1-2-10-18(15)19)17-9-4-8-16(13-17)14-6-3-7-14/h1-2,4-5,8-10,13-14,19H,3,6-7,11-12H2. The molecule has 1 nitrogen and oxygen atoms in total. The molecule has 1 unspecified atom stereocenters. The summed E-state index contributed by atoms with van der Waals surface area (Å²) < 4.78 is 0. The van der Waals surface area contributed by atoms with Gasteiger partial charge in [0.2, 0.25) is 0 Å². The third kappa shape index (κ3) is 2.21. The van der Waals surface area contributed by atoms with E-state index in [2.05, 4.69) is 42.5 Å². The third-order valence-corrected chi connectivity index (χ3v) is 5.20. The van der Waals surface area contributed by atoms with Crippen molar-refractivity contribution in [3.63, 3.8) is 0 Å². The average molecular weight is 276 g/mol. The Kier molecular flexibility index (Phi) is 3.14. The first-order valence-corrected chi connectivity index (χ1v) is 8.05. The Hall–Kier alpha value is -1.89. The summed E-state index contributed by atoms with van der Waals surface area (Å²) in [4.78, 5) is 12.9. The molecule has 2 aromatic carbocycles. The highest BCUT2D eigenvalue weighted by molar-refractivity contribution is 6.01. The topological polar surface area (TPSA) is 17.1 Å². The molecule has 2 aliphatic carbocycles. The largest absolute Gasteiger partial charge is 0.293 e. The molecular weight excluding hydrogens is 256 g/mol. The number of ketones is 1. The fourth-order valence-corrected chi connectivity index (χ4v) is 3.72. The SMILES string of the molecule is O=C(c1cccc(C2CCC2)c1)C1CCc2ccccc21. The minimum Gasteiger partial charge on any atom is -0.293 e. The van der Waals surface area contributed by atoms with Crippen LogP contribution in [0.25, 0.3) is 0 Å². The van der Waals surface area contributed by atoms with Crippen LogP contribution in [0.1, 0.15) is 64.6 Å². The van der Waals surface area contributed by atoms with Gasteiger partial charge in [0.1, 0.15) is 0 Å². The van der Waals surface area contributed by atoms with Crippen LogP contribution < -0.4 is 0 Å². The summed E-state index contributed by atoms with van der Waals surface area (Å²) >= 11 is 0. The molecular formula is C20H20O. The van der Waals surface area contributed by atoms with Crippen molar-refractivity contribution >= 4 is 5.78 Å². The van der Waals surface area contributed by atoms with Crippen molar-refractivity contribution in [1.82, 2.24) is 0 Å². The summed E-state index contributed by atoms with van der Waals surface area (Å²) in [5, 5.41) is 0. The zero-order valence-corrected chi connectivity index (χ0v) is 12.2. The van der Waals surface area contributed by atoms with Crippen molar-refractivity contribution in [3.8, 4) is 0 Å². The second-order valence-electron chi connectivity index (χ2n) is 6.41. The summed E-state index contributed by atoms with van der Waals surface area (Å²) in [7, 11) is 0. The van der Waals surface area contributed by atoms with E-state index in [0.29, 0.717) is 11.7 Å². The Morgan fingerprint density at radius 1 is 0.952 bits per heavy atom. The lowest BCUT2D eigenvalue weighted by Gasteiger charge is -2.26. The van der Waals surface area contributed by atoms with E-state index in [0.717, 1.165) is 18.4 Å². The number of hydrogen-bond donors (Lipinski definition) is 0. The molecule has 21 heavy (non-hydrogen) atoms. The lowest BCUT2D eigenvalue weighted by Crippen LogP contribution is -2.13. The summed E-state index contributed by atoms with van der Waals surface area (Å²) in [6.07, 6.45) is 5.90. The first-order chi connectivity index (χ1) is 10.3. The monoisotopic (exact) mass is 276 g/mol. The molecule has 0 bridgehead atoms. The third-order valence-electron chi connectivity index (χ3n) is 5.20. The fourth-order valence-electron chi connectivity index (χ4n) is 3.72. The smallest absolute Gasteiger partial charge is 0.170 e. The molecule has 1 atom stereocenters. The lowest BCUT2D eigenvalue weighted by atomic mass is 9.79. The number of aryl methyl sites for hydroxylation is 1. The minimum atomic E-state index is 0.0674. The number of Topliss-reactive ketones (excluding diaryl/α,β-unsaturated/α-hetero) is 1. The van der Waals surface area contributed by atoms with Gasteiger partial charge in [-0.1, -0.05) is 48.9 Å². The van der Waals surface area contributed by atoms with Crippen molar-refractivity contribution in [2.45, 2.75) is 43.9 Å². The van der Waals surface area contributed by atoms with Gasteiger partial charge in [-0.05, 0) is 54.4 Å². The normalized spacial score (nSPS) is 20.9. The average Bonchev–Trinajstić information content (AvgIpc) is 2.89. The van der Waals surface area contributed by atoms with E-state index >= 15 is 0 Å². The zero-order chi connectivity index (χ0) is 14.2. The van der Waals surface area contributed by atoms with E-state index < -0.39 is 0 Å². The van der Waals surface area contributed by atoms with Gasteiger partial charge in [-0.2, -0.15) is 0 Å². The molecule has 4 rings (SSSR count). The molecule has 0 radical (unpaired) electrons. The second kappa shape index (κ2) is 5.14. The highest BCUT2D eigenvalue weighted by atomic mass is 16.1. The summed E-state index contributed by atoms with van der Waals surface area (Å²) in [6.45, 7) is 0. The van der Waals surface area contributed by atoms with Gasteiger partial charge < -0.3 is 0 Å². The zero-order valence-electron chi connectivity index (χ0n) is 12.2. The maximum absolute atomic E-state index is 12.9. The van der Waals surface area contributed by atoms with Crippen molar-refractivity contribution in [1.29, 1.82) is 0 Å². The van der Waals surface area contributed by atoms with E-state index in [1.54, 1.807) is 0 Å². The van der Waals surface area contributed by atoms with Crippen molar-refractivity contribution < 1.29 is 4.79 Å². The van der Waals surface area contributed by atoms with Crippen LogP contribution in [0.2, 0.25) is 0 Å². The van der Waals surface area contributed by atoms with Crippen LogP contribution >= 0.6 is 0 Å². The molecule has 2 aliphatic rings. The summed E-state index contributed by atoms with van der Waals surface area (Å²) in [6, 6.07) is 16.8. The number of fused-ring (bicyclic) bond motifs is 1. The second-order valence-corrected chi connectivity index (χ2v) is 6.41.